The summed E-state index contributed by atoms with van der Waals surface area (Å²) >= 11 is 0. The van der Waals surface area contributed by atoms with E-state index in [9.17, 15) is 9.59 Å². The van der Waals surface area contributed by atoms with Crippen LogP contribution in [0, 0.1) is 5.82 Å². The Morgan fingerprint density at radius 1 is 1.06 bits per heavy atom. The van der Waals surface area contributed by atoms with Crippen molar-refractivity contribution >= 4 is 28.9 Å². The highest BCUT2D eigenvalue weighted by Crippen LogP contribution is 2.35. The number of ether oxygens (including phenoxy) is 2. The van der Waals surface area contributed by atoms with Gasteiger partial charge in [-0.2, -0.15) is 5.10 Å². The number of oxazole rings is 1. The molecule has 1 aliphatic rings. The van der Waals surface area contributed by atoms with Crippen molar-refractivity contribution in [3.8, 4) is 16.9 Å². The summed E-state index contributed by atoms with van der Waals surface area (Å²) in [6.45, 7) is 12.7. The highest BCUT2D eigenvalue weighted by atomic mass is 19.1. The second-order valence-corrected chi connectivity index (χ2v) is 14.7. The number of anilines is 1. The molecular formula is C38H44FN7O5. The molecule has 13 heteroatoms. The van der Waals surface area contributed by atoms with Gasteiger partial charge in [0.05, 0.1) is 19.0 Å². The number of halogens is 1. The van der Waals surface area contributed by atoms with E-state index in [1.165, 1.54) is 12.3 Å². The van der Waals surface area contributed by atoms with E-state index in [4.69, 9.17) is 24.0 Å². The maximum Gasteiger partial charge on any atom is 0.410 e. The SMILES string of the molecule is COc1ccc(Cn2nc(N[C@@H]3CCN(C(=O)OC(C)(C)C)C3)c3c(-c4ccc(CNC(=O)c5coc(C(C)(C)C)n5)c(F)c4)ccnc32)cc1. The Bertz CT molecular complexity index is 2040. The van der Waals surface area contributed by atoms with E-state index >= 15 is 4.39 Å². The summed E-state index contributed by atoms with van der Waals surface area (Å²) in [5, 5.41) is 12.0. The van der Waals surface area contributed by atoms with E-state index in [-0.39, 0.29) is 29.8 Å². The zero-order chi connectivity index (χ0) is 36.5. The fourth-order valence-electron chi connectivity index (χ4n) is 5.86. The molecule has 4 heterocycles. The first kappa shape index (κ1) is 35.4. The lowest BCUT2D eigenvalue weighted by Gasteiger charge is -2.24. The van der Waals surface area contributed by atoms with Crippen molar-refractivity contribution < 1.29 is 27.9 Å². The first-order chi connectivity index (χ1) is 24.2. The number of hydrogen-bond acceptors (Lipinski definition) is 9. The van der Waals surface area contributed by atoms with Crippen LogP contribution >= 0.6 is 0 Å². The van der Waals surface area contributed by atoms with Gasteiger partial charge in [0.25, 0.3) is 5.91 Å². The first-order valence-corrected chi connectivity index (χ1v) is 16.9. The number of rotatable bonds is 9. The minimum atomic E-state index is -0.594. The zero-order valence-electron chi connectivity index (χ0n) is 30.0. The standard InChI is InChI=1S/C38H44FN7O5/c1-37(2,3)35-43-30(22-50-35)34(47)41-19-25-11-10-24(18-29(25)39)28-14-16-40-33-31(28)32(44-46(33)20-23-8-12-27(49-7)13-9-23)42-26-15-17-45(21-26)36(48)51-38(4,5)6/h8-14,16,18,22,26H,15,17,19-21H2,1-7H3,(H,41,47)(H,42,44)/t26-/m1/s1. The average molecular weight is 698 g/mol. The molecule has 1 saturated heterocycles. The van der Waals surface area contributed by atoms with E-state index in [1.807, 2.05) is 82.6 Å². The van der Waals surface area contributed by atoms with Crippen LogP contribution in [0.25, 0.3) is 22.2 Å². The number of nitrogens with one attached hydrogen (secondary N) is 2. The molecule has 0 aliphatic carbocycles. The molecule has 0 saturated carbocycles. The summed E-state index contributed by atoms with van der Waals surface area (Å²) in [5.41, 5.74) is 2.48. The van der Waals surface area contributed by atoms with Gasteiger partial charge in [0.1, 0.15) is 23.4 Å². The summed E-state index contributed by atoms with van der Waals surface area (Å²) in [6.07, 6.45) is 3.34. The maximum absolute atomic E-state index is 15.7. The van der Waals surface area contributed by atoms with Crippen molar-refractivity contribution in [3.05, 3.63) is 89.5 Å². The van der Waals surface area contributed by atoms with Crippen molar-refractivity contribution in [3.63, 3.8) is 0 Å². The quantitative estimate of drug-likeness (QED) is 0.168. The Morgan fingerprint density at radius 2 is 1.82 bits per heavy atom. The number of aromatic nitrogens is 4. The van der Waals surface area contributed by atoms with Crippen molar-refractivity contribution in [1.82, 2.24) is 30.0 Å². The predicted molar refractivity (Wildman–Crippen MR) is 191 cm³/mol. The second-order valence-electron chi connectivity index (χ2n) is 14.7. The van der Waals surface area contributed by atoms with E-state index in [0.717, 1.165) is 22.3 Å². The summed E-state index contributed by atoms with van der Waals surface area (Å²) < 4.78 is 33.9. The third kappa shape index (κ3) is 8.13. The molecule has 1 atom stereocenters. The molecule has 0 radical (unpaired) electrons. The number of likely N-dealkylation sites (tertiary alicyclic amines) is 1. The number of benzene rings is 2. The van der Waals surface area contributed by atoms with Crippen LogP contribution in [0.15, 0.2) is 65.4 Å². The number of carbonyl (C=O) groups is 2. The molecule has 12 nitrogen and oxygen atoms in total. The van der Waals surface area contributed by atoms with E-state index in [2.05, 4.69) is 15.6 Å². The summed E-state index contributed by atoms with van der Waals surface area (Å²) in [4.78, 5) is 36.2. The van der Waals surface area contributed by atoms with Crippen molar-refractivity contribution in [2.75, 3.05) is 25.5 Å². The van der Waals surface area contributed by atoms with Crippen LogP contribution in [-0.4, -0.2) is 68.5 Å². The van der Waals surface area contributed by atoms with Crippen molar-refractivity contribution in [1.29, 1.82) is 0 Å². The van der Waals surface area contributed by atoms with Gasteiger partial charge < -0.3 is 29.4 Å². The molecule has 268 valence electrons. The fraction of sp³-hybridized carbons (Fsp3) is 0.395. The number of carbonyl (C=O) groups excluding carboxylic acids is 2. The molecule has 2 amide bonds. The lowest BCUT2D eigenvalue weighted by molar-refractivity contribution is 0.0293. The minimum Gasteiger partial charge on any atom is -0.497 e. The predicted octanol–water partition coefficient (Wildman–Crippen LogP) is 6.93. The highest BCUT2D eigenvalue weighted by molar-refractivity contribution is 6.01. The van der Waals surface area contributed by atoms with Crippen LogP contribution in [0.1, 0.15) is 75.5 Å². The molecule has 0 bridgehead atoms. The number of pyridine rings is 1. The van der Waals surface area contributed by atoms with Crippen molar-refractivity contribution in [2.45, 2.75) is 78.1 Å². The molecular weight excluding hydrogens is 653 g/mol. The van der Waals surface area contributed by atoms with Gasteiger partial charge in [0.15, 0.2) is 23.0 Å². The molecule has 0 unspecified atom stereocenters. The summed E-state index contributed by atoms with van der Waals surface area (Å²) in [5.74, 6) is 0.848. The van der Waals surface area contributed by atoms with Crippen molar-refractivity contribution in [2.24, 2.45) is 0 Å². The Hall–Kier alpha value is -5.46. The lowest BCUT2D eigenvalue weighted by Crippen LogP contribution is -2.36. The third-order valence-corrected chi connectivity index (χ3v) is 8.49. The number of hydrogen-bond donors (Lipinski definition) is 2. The van der Waals surface area contributed by atoms with Gasteiger partial charge in [-0.25, -0.2) is 23.8 Å². The number of fused-ring (bicyclic) bond motifs is 1. The minimum absolute atomic E-state index is 0.0309. The summed E-state index contributed by atoms with van der Waals surface area (Å²) in [6, 6.07) is 14.4. The van der Waals surface area contributed by atoms with Gasteiger partial charge in [-0.15, -0.1) is 0 Å². The first-order valence-electron chi connectivity index (χ1n) is 16.9. The molecule has 3 aromatic heterocycles. The Labute approximate surface area is 296 Å². The van der Waals surface area contributed by atoms with Crippen LogP contribution < -0.4 is 15.4 Å². The largest absolute Gasteiger partial charge is 0.497 e. The summed E-state index contributed by atoms with van der Waals surface area (Å²) in [7, 11) is 1.62. The fourth-order valence-corrected chi connectivity index (χ4v) is 5.86. The number of nitrogens with zero attached hydrogens (tertiary/aromatic N) is 5. The topological polar surface area (TPSA) is 137 Å². The van der Waals surface area contributed by atoms with Gasteiger partial charge in [0, 0.05) is 42.9 Å². The smallest absolute Gasteiger partial charge is 0.410 e. The monoisotopic (exact) mass is 697 g/mol. The molecule has 1 aliphatic heterocycles. The normalized spacial score (nSPS) is 14.9. The molecule has 6 rings (SSSR count). The van der Waals surface area contributed by atoms with Crippen LogP contribution in [0.4, 0.5) is 15.0 Å². The van der Waals surface area contributed by atoms with E-state index in [1.54, 1.807) is 24.3 Å². The van der Waals surface area contributed by atoms with Gasteiger partial charge in [0.2, 0.25) is 0 Å². The van der Waals surface area contributed by atoms with Gasteiger partial charge in [-0.1, -0.05) is 45.0 Å². The van der Waals surface area contributed by atoms with E-state index in [0.29, 0.717) is 54.5 Å². The van der Waals surface area contributed by atoms with Crippen LogP contribution in [0.3, 0.4) is 0 Å². The molecule has 2 aromatic carbocycles. The zero-order valence-corrected chi connectivity index (χ0v) is 30.0. The Balaban J connectivity index is 1.27. The Kier molecular flexibility index (Phi) is 9.74. The Morgan fingerprint density at radius 3 is 2.49 bits per heavy atom. The highest BCUT2D eigenvalue weighted by Gasteiger charge is 2.31. The van der Waals surface area contributed by atoms with Crippen LogP contribution in [0.5, 0.6) is 5.75 Å². The van der Waals surface area contributed by atoms with E-state index < -0.39 is 17.3 Å². The van der Waals surface area contributed by atoms with Gasteiger partial charge in [-0.05, 0) is 68.1 Å². The maximum atomic E-state index is 15.7. The molecule has 51 heavy (non-hydrogen) atoms. The third-order valence-electron chi connectivity index (χ3n) is 8.49. The number of methoxy groups -OCH3 is 1. The molecule has 1 fully saturated rings. The lowest BCUT2D eigenvalue weighted by atomic mass is 9.97. The average Bonchev–Trinajstić information content (AvgIpc) is 3.84. The van der Waals surface area contributed by atoms with Crippen LogP contribution in [0.2, 0.25) is 0 Å². The second kappa shape index (κ2) is 14.0. The molecule has 0 spiro atoms. The molecule has 2 N–H and O–H groups in total. The van der Waals surface area contributed by atoms with Gasteiger partial charge in [-0.3, -0.25) is 4.79 Å². The number of amides is 2. The van der Waals surface area contributed by atoms with Gasteiger partial charge >= 0.3 is 6.09 Å². The molecule has 5 aromatic rings. The van der Waals surface area contributed by atoms with Crippen LogP contribution in [-0.2, 0) is 23.2 Å².